The van der Waals surface area contributed by atoms with Crippen molar-refractivity contribution < 1.29 is 19.1 Å². The smallest absolute Gasteiger partial charge is 0.328 e. The molecule has 5 nitrogen and oxygen atoms in total. The fourth-order valence-corrected chi connectivity index (χ4v) is 1.80. The Balaban J connectivity index is 2.30. The second-order valence-corrected chi connectivity index (χ2v) is 3.84. The number of halogens is 1. The fourth-order valence-electron chi connectivity index (χ4n) is 1.80. The van der Waals surface area contributed by atoms with Gasteiger partial charge in [-0.25, -0.2) is 14.0 Å². The van der Waals surface area contributed by atoms with Crippen LogP contribution in [0.25, 0.3) is 0 Å². The van der Waals surface area contributed by atoms with Gasteiger partial charge in [-0.05, 0) is 18.2 Å². The average Bonchev–Trinajstić information content (AvgIpc) is 2.56. The van der Waals surface area contributed by atoms with E-state index in [0.717, 1.165) is 4.90 Å². The van der Waals surface area contributed by atoms with E-state index in [-0.39, 0.29) is 6.54 Å². The zero-order valence-electron chi connectivity index (χ0n) is 9.13. The molecule has 1 atom stereocenters. The van der Waals surface area contributed by atoms with Crippen LogP contribution in [-0.4, -0.2) is 41.6 Å². The Morgan fingerprint density at radius 2 is 2.24 bits per heavy atom. The van der Waals surface area contributed by atoms with E-state index in [2.05, 4.69) is 0 Å². The van der Waals surface area contributed by atoms with Crippen LogP contribution >= 0.6 is 0 Å². The molecule has 1 fully saturated rings. The van der Waals surface area contributed by atoms with Crippen LogP contribution in [0.3, 0.4) is 0 Å². The Labute approximate surface area is 97.1 Å². The lowest BCUT2D eigenvalue weighted by Gasteiger charge is -2.15. The van der Waals surface area contributed by atoms with Crippen molar-refractivity contribution in [1.82, 2.24) is 4.90 Å². The number of carboxylic acid groups (broad SMARTS) is 1. The minimum atomic E-state index is -1.07. The number of nitrogens with zero attached hydrogens (tertiary/aromatic N) is 2. The van der Waals surface area contributed by atoms with Crippen LogP contribution < -0.4 is 4.90 Å². The highest BCUT2D eigenvalue weighted by Crippen LogP contribution is 2.23. The molecule has 0 radical (unpaired) electrons. The number of anilines is 1. The Bertz CT molecular complexity index is 478. The SMILES string of the molecule is CN1C(=O)N(c2cccc(F)c2)CC1C(=O)O. The summed E-state index contributed by atoms with van der Waals surface area (Å²) < 4.78 is 13.0. The van der Waals surface area contributed by atoms with Crippen molar-refractivity contribution >= 4 is 17.7 Å². The van der Waals surface area contributed by atoms with Gasteiger partial charge in [0.2, 0.25) is 0 Å². The summed E-state index contributed by atoms with van der Waals surface area (Å²) in [6.45, 7) is 0.0219. The van der Waals surface area contributed by atoms with Gasteiger partial charge < -0.3 is 10.0 Å². The standard InChI is InChI=1S/C11H11FN2O3/c1-13-9(10(15)16)6-14(11(13)17)8-4-2-3-7(12)5-8/h2-5,9H,6H2,1H3,(H,15,16). The minimum Gasteiger partial charge on any atom is -0.480 e. The third kappa shape index (κ3) is 1.93. The molecule has 1 aliphatic rings. The molecule has 1 unspecified atom stereocenters. The van der Waals surface area contributed by atoms with Gasteiger partial charge in [-0.1, -0.05) is 6.07 Å². The second kappa shape index (κ2) is 4.04. The highest BCUT2D eigenvalue weighted by Gasteiger charge is 2.39. The van der Waals surface area contributed by atoms with E-state index < -0.39 is 23.9 Å². The zero-order chi connectivity index (χ0) is 12.6. The molecule has 1 N–H and O–H groups in total. The number of aliphatic carboxylic acids is 1. The summed E-state index contributed by atoms with van der Waals surface area (Å²) in [4.78, 5) is 25.1. The summed E-state index contributed by atoms with van der Waals surface area (Å²) in [5.41, 5.74) is 0.366. The molecular formula is C11H11FN2O3. The van der Waals surface area contributed by atoms with Crippen LogP contribution in [0.15, 0.2) is 24.3 Å². The number of benzene rings is 1. The van der Waals surface area contributed by atoms with Crippen molar-refractivity contribution in [3.05, 3.63) is 30.1 Å². The van der Waals surface area contributed by atoms with Gasteiger partial charge in [-0.15, -0.1) is 0 Å². The van der Waals surface area contributed by atoms with E-state index in [4.69, 9.17) is 5.11 Å². The van der Waals surface area contributed by atoms with Gasteiger partial charge >= 0.3 is 12.0 Å². The topological polar surface area (TPSA) is 60.9 Å². The first-order chi connectivity index (χ1) is 8.00. The monoisotopic (exact) mass is 238 g/mol. The molecule has 1 aromatic rings. The number of hydrogen-bond donors (Lipinski definition) is 1. The third-order valence-corrected chi connectivity index (χ3v) is 2.76. The number of rotatable bonds is 2. The van der Waals surface area contributed by atoms with Crippen LogP contribution in [0.5, 0.6) is 0 Å². The maximum absolute atomic E-state index is 13.0. The molecule has 1 aliphatic heterocycles. The van der Waals surface area contributed by atoms with Crippen molar-refractivity contribution in [3.8, 4) is 0 Å². The average molecular weight is 238 g/mol. The van der Waals surface area contributed by atoms with E-state index in [1.165, 1.54) is 30.1 Å². The summed E-state index contributed by atoms with van der Waals surface area (Å²) >= 11 is 0. The van der Waals surface area contributed by atoms with Crippen molar-refractivity contribution in [1.29, 1.82) is 0 Å². The minimum absolute atomic E-state index is 0.0219. The number of carbonyl (C=O) groups is 2. The number of amides is 2. The summed E-state index contributed by atoms with van der Waals surface area (Å²) in [5.74, 6) is -1.53. The Kier molecular flexibility index (Phi) is 2.71. The van der Waals surface area contributed by atoms with Crippen LogP contribution in [-0.2, 0) is 4.79 Å². The molecule has 0 aliphatic carbocycles. The van der Waals surface area contributed by atoms with Gasteiger partial charge in [-0.2, -0.15) is 0 Å². The second-order valence-electron chi connectivity index (χ2n) is 3.84. The Morgan fingerprint density at radius 3 is 2.76 bits per heavy atom. The van der Waals surface area contributed by atoms with Gasteiger partial charge in [0.05, 0.1) is 6.54 Å². The number of carbonyl (C=O) groups excluding carboxylic acids is 1. The zero-order valence-corrected chi connectivity index (χ0v) is 9.13. The highest BCUT2D eigenvalue weighted by atomic mass is 19.1. The fraction of sp³-hybridized carbons (Fsp3) is 0.273. The van der Waals surface area contributed by atoms with E-state index in [1.54, 1.807) is 6.07 Å². The van der Waals surface area contributed by atoms with E-state index in [1.807, 2.05) is 0 Å². The first-order valence-corrected chi connectivity index (χ1v) is 5.03. The van der Waals surface area contributed by atoms with E-state index in [9.17, 15) is 14.0 Å². The van der Waals surface area contributed by atoms with Gasteiger partial charge in [-0.3, -0.25) is 4.90 Å². The summed E-state index contributed by atoms with van der Waals surface area (Å²) in [7, 11) is 1.42. The van der Waals surface area contributed by atoms with Crippen molar-refractivity contribution in [2.45, 2.75) is 6.04 Å². The summed E-state index contributed by atoms with van der Waals surface area (Å²) in [6.07, 6.45) is 0. The maximum Gasteiger partial charge on any atom is 0.328 e. The van der Waals surface area contributed by atoms with Crippen LogP contribution in [0.2, 0.25) is 0 Å². The van der Waals surface area contributed by atoms with Crippen molar-refractivity contribution in [2.75, 3.05) is 18.5 Å². The molecule has 2 rings (SSSR count). The van der Waals surface area contributed by atoms with Crippen molar-refractivity contribution in [3.63, 3.8) is 0 Å². The number of urea groups is 1. The Hall–Kier alpha value is -2.11. The van der Waals surface area contributed by atoms with E-state index >= 15 is 0 Å². The third-order valence-electron chi connectivity index (χ3n) is 2.76. The first-order valence-electron chi connectivity index (χ1n) is 5.03. The quantitative estimate of drug-likeness (QED) is 0.840. The Morgan fingerprint density at radius 1 is 1.53 bits per heavy atom. The number of carboxylic acids is 1. The predicted molar refractivity (Wildman–Crippen MR) is 58.3 cm³/mol. The first kappa shape index (κ1) is 11.4. The van der Waals surface area contributed by atoms with Crippen LogP contribution in [0, 0.1) is 5.82 Å². The molecular weight excluding hydrogens is 227 g/mol. The molecule has 6 heteroatoms. The van der Waals surface area contributed by atoms with Crippen LogP contribution in [0.4, 0.5) is 14.9 Å². The summed E-state index contributed by atoms with van der Waals surface area (Å²) in [5, 5.41) is 8.93. The van der Waals surface area contributed by atoms with Gasteiger partial charge in [0, 0.05) is 12.7 Å². The molecule has 1 saturated heterocycles. The molecule has 17 heavy (non-hydrogen) atoms. The predicted octanol–water partition coefficient (Wildman–Crippen LogP) is 1.15. The number of likely N-dealkylation sites (N-methyl/N-ethyl adjacent to an activating group) is 1. The lowest BCUT2D eigenvalue weighted by atomic mass is 10.2. The molecule has 1 heterocycles. The lowest BCUT2D eigenvalue weighted by molar-refractivity contribution is -0.140. The van der Waals surface area contributed by atoms with Gasteiger partial charge in [0.15, 0.2) is 0 Å². The molecule has 2 amide bonds. The largest absolute Gasteiger partial charge is 0.480 e. The van der Waals surface area contributed by atoms with Crippen molar-refractivity contribution in [2.24, 2.45) is 0 Å². The molecule has 0 aromatic heterocycles. The normalized spacial score (nSPS) is 19.9. The molecule has 0 saturated carbocycles. The van der Waals surface area contributed by atoms with E-state index in [0.29, 0.717) is 5.69 Å². The molecule has 1 aromatic carbocycles. The molecule has 0 bridgehead atoms. The van der Waals surface area contributed by atoms with Gasteiger partial charge in [0.25, 0.3) is 0 Å². The highest BCUT2D eigenvalue weighted by molar-refractivity contribution is 5.98. The lowest BCUT2D eigenvalue weighted by Crippen LogP contribution is -2.36. The molecule has 90 valence electrons. The number of hydrogen-bond acceptors (Lipinski definition) is 2. The molecule has 0 spiro atoms. The summed E-state index contributed by atoms with van der Waals surface area (Å²) in [6, 6.07) is 4.18. The maximum atomic E-state index is 13.0. The van der Waals surface area contributed by atoms with Crippen LogP contribution in [0.1, 0.15) is 0 Å². The van der Waals surface area contributed by atoms with Gasteiger partial charge in [0.1, 0.15) is 11.9 Å².